The lowest BCUT2D eigenvalue weighted by Crippen LogP contribution is -2.28. The van der Waals surface area contributed by atoms with Crippen molar-refractivity contribution in [2.75, 3.05) is 12.5 Å². The van der Waals surface area contributed by atoms with Gasteiger partial charge in [0, 0.05) is 10.8 Å². The molecule has 0 amide bonds. The van der Waals surface area contributed by atoms with Gasteiger partial charge < -0.3 is 9.15 Å². The predicted molar refractivity (Wildman–Crippen MR) is 106 cm³/mol. The van der Waals surface area contributed by atoms with Crippen LogP contribution >= 0.6 is 11.3 Å². The summed E-state index contributed by atoms with van der Waals surface area (Å²) < 4.78 is 35.4. The van der Waals surface area contributed by atoms with Crippen molar-refractivity contribution in [2.45, 2.75) is 31.4 Å². The standard InChI is InChI=1S/C18H19N3O6S2/c1-18(2,3)16(22)12(8-19)20-21-14-13(9-28-15(14)17(23)26-4)29(24,25)10-11-6-5-7-27-11/h5-7,9,21H,10H2,1-4H3/b20-12-. The van der Waals surface area contributed by atoms with Crippen molar-refractivity contribution in [3.63, 3.8) is 0 Å². The van der Waals surface area contributed by atoms with Gasteiger partial charge in [-0.2, -0.15) is 10.4 Å². The average molecular weight is 437 g/mol. The number of furan rings is 1. The Morgan fingerprint density at radius 2 is 2.07 bits per heavy atom. The Labute approximate surface area is 171 Å². The molecular formula is C18H19N3O6S2. The summed E-state index contributed by atoms with van der Waals surface area (Å²) in [6.07, 6.45) is 1.35. The summed E-state index contributed by atoms with van der Waals surface area (Å²) in [4.78, 5) is 24.1. The molecule has 0 saturated carbocycles. The van der Waals surface area contributed by atoms with Crippen molar-refractivity contribution in [1.29, 1.82) is 5.26 Å². The highest BCUT2D eigenvalue weighted by molar-refractivity contribution is 7.91. The Morgan fingerprint density at radius 3 is 2.59 bits per heavy atom. The van der Waals surface area contributed by atoms with E-state index in [1.165, 1.54) is 17.7 Å². The van der Waals surface area contributed by atoms with E-state index in [0.717, 1.165) is 18.4 Å². The molecule has 0 aliphatic heterocycles. The number of carbonyl (C=O) groups is 2. The second-order valence-electron chi connectivity index (χ2n) is 6.90. The number of Topliss-reactive ketones (excluding diaryl/α,β-unsaturated/α-hetero) is 1. The Morgan fingerprint density at radius 1 is 1.38 bits per heavy atom. The molecule has 2 rings (SSSR count). The molecule has 0 spiro atoms. The molecule has 29 heavy (non-hydrogen) atoms. The summed E-state index contributed by atoms with van der Waals surface area (Å²) in [6.45, 7) is 4.85. The van der Waals surface area contributed by atoms with Gasteiger partial charge in [-0.25, -0.2) is 13.2 Å². The summed E-state index contributed by atoms with van der Waals surface area (Å²) in [5, 5.41) is 14.3. The number of ether oxygens (including phenoxy) is 1. The summed E-state index contributed by atoms with van der Waals surface area (Å²) in [5.41, 5.74) is 0.926. The van der Waals surface area contributed by atoms with Crippen LogP contribution in [0.25, 0.3) is 0 Å². The van der Waals surface area contributed by atoms with E-state index < -0.39 is 38.5 Å². The molecule has 11 heteroatoms. The monoisotopic (exact) mass is 437 g/mol. The van der Waals surface area contributed by atoms with Gasteiger partial charge in [0.2, 0.25) is 5.71 Å². The average Bonchev–Trinajstić information content (AvgIpc) is 3.30. The van der Waals surface area contributed by atoms with Gasteiger partial charge in [0.25, 0.3) is 0 Å². The first-order chi connectivity index (χ1) is 13.5. The molecule has 9 nitrogen and oxygen atoms in total. The second-order valence-corrected chi connectivity index (χ2v) is 9.73. The molecule has 0 aliphatic rings. The number of hydrazone groups is 1. The zero-order valence-corrected chi connectivity index (χ0v) is 17.8. The fourth-order valence-corrected chi connectivity index (χ4v) is 4.92. The fourth-order valence-electron chi connectivity index (χ4n) is 2.17. The Balaban J connectivity index is 2.50. The van der Waals surface area contributed by atoms with Crippen molar-refractivity contribution in [1.82, 2.24) is 0 Å². The maximum Gasteiger partial charge on any atom is 0.350 e. The number of anilines is 1. The van der Waals surface area contributed by atoms with E-state index in [9.17, 15) is 23.3 Å². The maximum absolute atomic E-state index is 12.8. The first-order valence-electron chi connectivity index (χ1n) is 8.24. The summed E-state index contributed by atoms with van der Waals surface area (Å²) >= 11 is 0.838. The number of methoxy groups -OCH3 is 1. The molecule has 1 N–H and O–H groups in total. The van der Waals surface area contributed by atoms with Crippen molar-refractivity contribution in [3.05, 3.63) is 34.4 Å². The molecular weight excluding hydrogens is 418 g/mol. The molecule has 0 aliphatic carbocycles. The lowest BCUT2D eigenvalue weighted by Gasteiger charge is -2.14. The number of sulfone groups is 1. The summed E-state index contributed by atoms with van der Waals surface area (Å²) in [7, 11) is -2.78. The van der Waals surface area contributed by atoms with Gasteiger partial charge in [0.05, 0.1) is 13.4 Å². The van der Waals surface area contributed by atoms with Crippen LogP contribution in [-0.4, -0.2) is 33.0 Å². The van der Waals surface area contributed by atoms with Crippen LogP contribution in [0.5, 0.6) is 0 Å². The second kappa shape index (κ2) is 8.59. The van der Waals surface area contributed by atoms with E-state index in [1.807, 2.05) is 0 Å². The third-order valence-electron chi connectivity index (χ3n) is 3.66. The van der Waals surface area contributed by atoms with Gasteiger partial charge in [-0.15, -0.1) is 11.3 Å². The number of nitrogens with zero attached hydrogens (tertiary/aromatic N) is 2. The van der Waals surface area contributed by atoms with Crippen LogP contribution in [0, 0.1) is 16.7 Å². The maximum atomic E-state index is 12.8. The third-order valence-corrected chi connectivity index (χ3v) is 6.42. The number of carbonyl (C=O) groups excluding carboxylic acids is 2. The number of thiophene rings is 1. The topological polar surface area (TPSA) is 139 Å². The van der Waals surface area contributed by atoms with Crippen LogP contribution < -0.4 is 5.43 Å². The lowest BCUT2D eigenvalue weighted by atomic mass is 9.88. The van der Waals surface area contributed by atoms with Crippen molar-refractivity contribution < 1.29 is 27.2 Å². The van der Waals surface area contributed by atoms with Crippen LogP contribution in [0.3, 0.4) is 0 Å². The van der Waals surface area contributed by atoms with Crippen molar-refractivity contribution in [3.8, 4) is 6.07 Å². The third kappa shape index (κ3) is 5.10. The fraction of sp³-hybridized carbons (Fsp3) is 0.333. The molecule has 0 radical (unpaired) electrons. The highest BCUT2D eigenvalue weighted by Crippen LogP contribution is 2.34. The van der Waals surface area contributed by atoms with Gasteiger partial charge >= 0.3 is 5.97 Å². The first-order valence-corrected chi connectivity index (χ1v) is 10.8. The summed E-state index contributed by atoms with van der Waals surface area (Å²) in [6, 6.07) is 4.75. The highest BCUT2D eigenvalue weighted by Gasteiger charge is 2.30. The largest absolute Gasteiger partial charge is 0.468 e. The van der Waals surface area contributed by atoms with Crippen molar-refractivity contribution in [2.24, 2.45) is 10.5 Å². The number of nitrogens with one attached hydrogen (secondary N) is 1. The van der Waals surface area contributed by atoms with E-state index in [4.69, 9.17) is 4.42 Å². The molecule has 2 aromatic rings. The number of hydrogen-bond acceptors (Lipinski definition) is 10. The molecule has 0 unspecified atom stereocenters. The van der Waals surface area contributed by atoms with Gasteiger partial charge in [0.15, 0.2) is 15.6 Å². The Bertz CT molecular complexity index is 1080. The first kappa shape index (κ1) is 22.3. The van der Waals surface area contributed by atoms with E-state index >= 15 is 0 Å². The molecule has 0 bridgehead atoms. The van der Waals surface area contributed by atoms with E-state index in [0.29, 0.717) is 0 Å². The zero-order chi connectivity index (χ0) is 21.8. The van der Waals surface area contributed by atoms with Crippen LogP contribution in [0.15, 0.2) is 38.2 Å². The molecule has 0 atom stereocenters. The smallest absolute Gasteiger partial charge is 0.350 e. The van der Waals surface area contributed by atoms with Crippen LogP contribution in [0.2, 0.25) is 0 Å². The SMILES string of the molecule is COC(=O)c1scc(S(=O)(=O)Cc2ccco2)c1N/N=C(/C#N)C(=O)C(C)(C)C. The number of hydrogen-bond donors (Lipinski definition) is 1. The Hall–Kier alpha value is -2.97. The van der Waals surface area contributed by atoms with E-state index in [1.54, 1.807) is 32.9 Å². The van der Waals surface area contributed by atoms with E-state index in [-0.39, 0.29) is 21.2 Å². The number of esters is 1. The van der Waals surface area contributed by atoms with Crippen LogP contribution in [0.4, 0.5) is 5.69 Å². The summed E-state index contributed by atoms with van der Waals surface area (Å²) in [5.74, 6) is -1.55. The van der Waals surface area contributed by atoms with Gasteiger partial charge in [0.1, 0.15) is 33.0 Å². The van der Waals surface area contributed by atoms with Gasteiger partial charge in [-0.05, 0) is 12.1 Å². The minimum Gasteiger partial charge on any atom is -0.468 e. The molecule has 2 aromatic heterocycles. The molecule has 0 aromatic carbocycles. The molecule has 154 valence electrons. The number of nitriles is 1. The zero-order valence-electron chi connectivity index (χ0n) is 16.2. The van der Waals surface area contributed by atoms with Crippen LogP contribution in [0.1, 0.15) is 36.2 Å². The minimum absolute atomic E-state index is 0.0604. The number of rotatable bonds is 7. The van der Waals surface area contributed by atoms with E-state index in [2.05, 4.69) is 15.3 Å². The normalized spacial score (nSPS) is 12.3. The molecule has 0 saturated heterocycles. The minimum atomic E-state index is -3.93. The quantitative estimate of drug-likeness (QED) is 0.396. The van der Waals surface area contributed by atoms with Gasteiger partial charge in [-0.1, -0.05) is 20.8 Å². The molecule has 0 fully saturated rings. The number of ketones is 1. The van der Waals surface area contributed by atoms with Gasteiger partial charge in [-0.3, -0.25) is 10.2 Å². The highest BCUT2D eigenvalue weighted by atomic mass is 32.2. The van der Waals surface area contributed by atoms with Crippen molar-refractivity contribution >= 4 is 44.3 Å². The van der Waals surface area contributed by atoms with Crippen LogP contribution in [-0.2, 0) is 25.1 Å². The lowest BCUT2D eigenvalue weighted by molar-refractivity contribution is -0.119. The Kier molecular flexibility index (Phi) is 6.61. The predicted octanol–water partition coefficient (Wildman–Crippen LogP) is 3.01. The molecule has 2 heterocycles.